The summed E-state index contributed by atoms with van der Waals surface area (Å²) in [5.41, 5.74) is 0. The number of rotatable bonds is 8. The monoisotopic (exact) mass is 322 g/mol. The molecule has 6 heteroatoms. The molecule has 0 saturated heterocycles. The number of carbonyl (C=O) groups excluding carboxylic acids is 2. The largest absolute Gasteiger partial charge is 0.465 e. The Morgan fingerprint density at radius 2 is 1.86 bits per heavy atom. The van der Waals surface area contributed by atoms with Crippen LogP contribution in [-0.4, -0.2) is 42.1 Å². The minimum absolute atomic E-state index is 0.174. The molecule has 124 valence electrons. The van der Waals surface area contributed by atoms with Gasteiger partial charge in [0.05, 0.1) is 6.61 Å². The number of esters is 1. The number of halogens is 1. The predicted molar refractivity (Wildman–Crippen MR) is 83.1 cm³/mol. The van der Waals surface area contributed by atoms with Crippen LogP contribution >= 0.6 is 10.0 Å². The third-order valence-electron chi connectivity index (χ3n) is 4.30. The molecular weight excluding hydrogens is 295 g/mol. The first-order valence-corrected chi connectivity index (χ1v) is 10.3. The van der Waals surface area contributed by atoms with Gasteiger partial charge in [0.1, 0.15) is 0 Å². The Hall–Kier alpha value is -0.780. The van der Waals surface area contributed by atoms with Gasteiger partial charge in [0.2, 0.25) is 0 Å². The van der Waals surface area contributed by atoms with E-state index in [-0.39, 0.29) is 6.61 Å². The van der Waals surface area contributed by atoms with Gasteiger partial charge in [0.15, 0.2) is 5.92 Å². The molecule has 4 nitrogen and oxygen atoms in total. The zero-order valence-corrected chi connectivity index (χ0v) is 14.0. The molecule has 0 aromatic heterocycles. The van der Waals surface area contributed by atoms with Gasteiger partial charge in [-0.1, -0.05) is 12.8 Å². The highest BCUT2D eigenvalue weighted by Gasteiger charge is 2.32. The van der Waals surface area contributed by atoms with E-state index in [1.54, 1.807) is 6.92 Å². The molecule has 0 heterocycles. The first-order chi connectivity index (χ1) is 9.92. The van der Waals surface area contributed by atoms with Gasteiger partial charge in [-0.15, -0.1) is 0 Å². The quantitative estimate of drug-likeness (QED) is 0.508. The molecule has 0 spiro atoms. The highest BCUT2D eigenvalue weighted by molar-refractivity contribution is 8.33. The second-order valence-corrected chi connectivity index (χ2v) is 10.4. The van der Waals surface area contributed by atoms with Crippen molar-refractivity contribution in [2.75, 3.05) is 24.9 Å². The van der Waals surface area contributed by atoms with Gasteiger partial charge < -0.3 is 4.74 Å². The Morgan fingerprint density at radius 1 is 1.24 bits per heavy atom. The van der Waals surface area contributed by atoms with Crippen LogP contribution in [0.1, 0.15) is 45.4 Å². The molecule has 0 aliphatic heterocycles. The number of hydrogen-bond donors (Lipinski definition) is 0. The van der Waals surface area contributed by atoms with E-state index in [0.717, 1.165) is 17.4 Å². The maximum absolute atomic E-state index is 12.1. The molecule has 0 amide bonds. The second-order valence-electron chi connectivity index (χ2n) is 6.08. The highest BCUT2D eigenvalue weighted by Crippen LogP contribution is 2.52. The summed E-state index contributed by atoms with van der Waals surface area (Å²) in [4.78, 5) is 26.3. The van der Waals surface area contributed by atoms with Crippen LogP contribution in [0.15, 0.2) is 0 Å². The molecule has 0 aromatic carbocycles. The molecule has 0 bridgehead atoms. The molecule has 0 aromatic rings. The first-order valence-electron chi connectivity index (χ1n) is 7.61. The van der Waals surface area contributed by atoms with Crippen molar-refractivity contribution < 1.29 is 23.8 Å². The molecule has 0 N–H and O–H groups in total. The van der Waals surface area contributed by atoms with E-state index in [1.807, 2.05) is 0 Å². The molecule has 1 rings (SSSR count). The molecule has 1 fully saturated rings. The lowest BCUT2D eigenvalue weighted by Gasteiger charge is -2.38. The van der Waals surface area contributed by atoms with Gasteiger partial charge in [-0.25, -0.2) is 14.8 Å². The van der Waals surface area contributed by atoms with Crippen molar-refractivity contribution in [1.82, 2.24) is 0 Å². The fourth-order valence-corrected chi connectivity index (χ4v) is 5.83. The summed E-state index contributed by atoms with van der Waals surface area (Å²) in [5, 5.41) is 0.784. The van der Waals surface area contributed by atoms with Gasteiger partial charge in [-0.2, -0.15) is 0 Å². The Kier molecular flexibility index (Phi) is 7.49. The van der Waals surface area contributed by atoms with E-state index in [2.05, 4.69) is 17.5 Å². The summed E-state index contributed by atoms with van der Waals surface area (Å²) in [6.45, 7) is 1.83. The summed E-state index contributed by atoms with van der Waals surface area (Å²) >= 11 is 0. The van der Waals surface area contributed by atoms with Crippen LogP contribution < -0.4 is 0 Å². The third kappa shape index (κ3) is 5.49. The van der Waals surface area contributed by atoms with Gasteiger partial charge >= 0.3 is 11.9 Å². The number of hydrogen-bond acceptors (Lipinski definition) is 4. The first kappa shape index (κ1) is 18.3. The van der Waals surface area contributed by atoms with E-state index in [1.165, 1.54) is 25.7 Å². The molecule has 1 unspecified atom stereocenters. The molecule has 1 atom stereocenters. The standard InChI is InChI=1S/C15H27FO4S/c1-4-19-14(17)13(15(18)20-16)10-7-11-21(2,3)12-8-5-6-9-12/h12-13H,4-11H2,1-3H3. The van der Waals surface area contributed by atoms with Gasteiger partial charge in [-0.05, 0) is 56.1 Å². The topological polar surface area (TPSA) is 52.6 Å². The zero-order valence-electron chi connectivity index (χ0n) is 13.2. The smallest absolute Gasteiger partial charge is 0.362 e. The minimum atomic E-state index is -1.14. The van der Waals surface area contributed by atoms with Crippen LogP contribution in [0.5, 0.6) is 0 Å². The number of ether oxygens (including phenoxy) is 1. The van der Waals surface area contributed by atoms with E-state index in [4.69, 9.17) is 4.74 Å². The summed E-state index contributed by atoms with van der Waals surface area (Å²) in [7, 11) is -0.724. The summed E-state index contributed by atoms with van der Waals surface area (Å²) in [5.74, 6) is -1.96. The lowest BCUT2D eigenvalue weighted by atomic mass is 10.0. The van der Waals surface area contributed by atoms with Crippen molar-refractivity contribution in [3.63, 3.8) is 0 Å². The Bertz CT molecular complexity index is 354. The van der Waals surface area contributed by atoms with Gasteiger partial charge in [0.25, 0.3) is 0 Å². The average Bonchev–Trinajstić information content (AvgIpc) is 2.98. The molecule has 1 saturated carbocycles. The van der Waals surface area contributed by atoms with E-state index < -0.39 is 27.9 Å². The van der Waals surface area contributed by atoms with Crippen molar-refractivity contribution in [2.24, 2.45) is 5.92 Å². The van der Waals surface area contributed by atoms with Crippen LogP contribution in [0, 0.1) is 5.92 Å². The second kappa shape index (κ2) is 8.61. The minimum Gasteiger partial charge on any atom is -0.465 e. The van der Waals surface area contributed by atoms with Crippen LogP contribution in [0.2, 0.25) is 0 Å². The summed E-state index contributed by atoms with van der Waals surface area (Å²) in [6, 6.07) is 0. The van der Waals surface area contributed by atoms with Crippen molar-refractivity contribution in [2.45, 2.75) is 50.7 Å². The normalized spacial score (nSPS) is 18.3. The predicted octanol–water partition coefficient (Wildman–Crippen LogP) is 3.38. The average molecular weight is 322 g/mol. The summed E-state index contributed by atoms with van der Waals surface area (Å²) in [6.07, 6.45) is 10.8. The van der Waals surface area contributed by atoms with Crippen molar-refractivity contribution in [1.29, 1.82) is 0 Å². The Morgan fingerprint density at radius 3 is 2.38 bits per heavy atom. The highest BCUT2D eigenvalue weighted by atomic mass is 32.3. The fraction of sp³-hybridized carbons (Fsp3) is 0.867. The maximum atomic E-state index is 12.1. The molecule has 1 aliphatic rings. The molecule has 0 radical (unpaired) electrons. The van der Waals surface area contributed by atoms with Crippen molar-refractivity contribution >= 4 is 22.0 Å². The van der Waals surface area contributed by atoms with Crippen LogP contribution in [0.3, 0.4) is 0 Å². The zero-order chi connectivity index (χ0) is 15.9. The third-order valence-corrected chi connectivity index (χ3v) is 7.92. The van der Waals surface area contributed by atoms with E-state index >= 15 is 0 Å². The Balaban J connectivity index is 2.48. The number of carbonyl (C=O) groups is 2. The fourth-order valence-electron chi connectivity index (χ4n) is 2.98. The Labute approximate surface area is 128 Å². The molecule has 21 heavy (non-hydrogen) atoms. The SMILES string of the molecule is CCOC(=O)C(CCCS(C)(C)C1CCCC1)C(=O)OF. The lowest BCUT2D eigenvalue weighted by molar-refractivity contribution is -0.193. The molecule has 1 aliphatic carbocycles. The maximum Gasteiger partial charge on any atom is 0.362 e. The van der Waals surface area contributed by atoms with E-state index in [0.29, 0.717) is 6.42 Å². The lowest BCUT2D eigenvalue weighted by Crippen LogP contribution is -2.27. The van der Waals surface area contributed by atoms with Crippen LogP contribution in [0.4, 0.5) is 4.53 Å². The van der Waals surface area contributed by atoms with Gasteiger partial charge in [0, 0.05) is 4.53 Å². The van der Waals surface area contributed by atoms with Gasteiger partial charge in [-0.3, -0.25) is 9.74 Å². The molecular formula is C15H27FO4S. The van der Waals surface area contributed by atoms with E-state index in [9.17, 15) is 14.1 Å². The van der Waals surface area contributed by atoms with Crippen LogP contribution in [-0.2, 0) is 19.3 Å². The van der Waals surface area contributed by atoms with Crippen molar-refractivity contribution in [3.05, 3.63) is 0 Å². The summed E-state index contributed by atoms with van der Waals surface area (Å²) < 4.78 is 16.9. The van der Waals surface area contributed by atoms with Crippen LogP contribution in [0.25, 0.3) is 0 Å². The van der Waals surface area contributed by atoms with Crippen molar-refractivity contribution in [3.8, 4) is 0 Å².